The van der Waals surface area contributed by atoms with Crippen LogP contribution < -0.4 is 9.80 Å². The number of rotatable bonds is 6. The minimum atomic E-state index is 0.750. The first-order chi connectivity index (χ1) is 16.3. The van der Waals surface area contributed by atoms with E-state index in [0.717, 1.165) is 12.1 Å². The molecule has 4 nitrogen and oxygen atoms in total. The predicted molar refractivity (Wildman–Crippen MR) is 139 cm³/mol. The number of nitrogens with zero attached hydrogens (tertiary/aromatic N) is 4. The van der Waals surface area contributed by atoms with Crippen molar-refractivity contribution in [2.75, 3.05) is 62.2 Å². The third-order valence-electron chi connectivity index (χ3n) is 8.79. The Labute approximate surface area is 200 Å². The van der Waals surface area contributed by atoms with Gasteiger partial charge in [-0.2, -0.15) is 0 Å². The van der Waals surface area contributed by atoms with Crippen LogP contribution in [0.3, 0.4) is 0 Å². The number of fused-ring (bicyclic) bond motifs is 2. The molecule has 2 saturated heterocycles. The second-order valence-corrected chi connectivity index (χ2v) is 10.6. The van der Waals surface area contributed by atoms with Crippen molar-refractivity contribution < 1.29 is 0 Å². The lowest BCUT2D eigenvalue weighted by Crippen LogP contribution is -2.46. The largest absolute Gasteiger partial charge is 0.368 e. The highest BCUT2D eigenvalue weighted by Crippen LogP contribution is 2.33. The maximum atomic E-state index is 2.73. The third-order valence-corrected chi connectivity index (χ3v) is 8.79. The molecule has 2 fully saturated rings. The average molecular weight is 445 g/mol. The summed E-state index contributed by atoms with van der Waals surface area (Å²) in [6, 6.07) is 19.6. The summed E-state index contributed by atoms with van der Waals surface area (Å²) < 4.78 is 0. The molecule has 176 valence electrons. The maximum Gasteiger partial charge on any atom is 0.0402 e. The first kappa shape index (κ1) is 21.5. The van der Waals surface area contributed by atoms with Crippen molar-refractivity contribution in [1.82, 2.24) is 9.80 Å². The van der Waals surface area contributed by atoms with Gasteiger partial charge in [0.1, 0.15) is 0 Å². The first-order valence-corrected chi connectivity index (χ1v) is 13.5. The van der Waals surface area contributed by atoms with Crippen LogP contribution in [-0.2, 0) is 12.8 Å². The van der Waals surface area contributed by atoms with Crippen LogP contribution in [-0.4, -0.2) is 74.2 Å². The van der Waals surface area contributed by atoms with E-state index in [-0.39, 0.29) is 0 Å². The van der Waals surface area contributed by atoms with Crippen LogP contribution in [0.5, 0.6) is 0 Å². The van der Waals surface area contributed by atoms with Gasteiger partial charge in [-0.25, -0.2) is 0 Å². The number of anilines is 2. The normalized spacial score (nSPS) is 22.7. The van der Waals surface area contributed by atoms with Gasteiger partial charge in [-0.05, 0) is 81.3 Å². The lowest BCUT2D eigenvalue weighted by atomic mass is 10.0. The summed E-state index contributed by atoms with van der Waals surface area (Å²) in [6.45, 7) is 10.1. The lowest BCUT2D eigenvalue weighted by molar-refractivity contribution is 0.173. The fourth-order valence-corrected chi connectivity index (χ4v) is 6.91. The molecule has 4 aliphatic heterocycles. The Hall–Kier alpha value is -2.04. The quantitative estimate of drug-likeness (QED) is 0.653. The van der Waals surface area contributed by atoms with Gasteiger partial charge in [-0.3, -0.25) is 0 Å². The number of hydrogen-bond donors (Lipinski definition) is 0. The van der Waals surface area contributed by atoms with Gasteiger partial charge in [0.2, 0.25) is 0 Å². The summed E-state index contributed by atoms with van der Waals surface area (Å²) in [7, 11) is 0. The molecule has 0 radical (unpaired) electrons. The molecular formula is C29H40N4. The van der Waals surface area contributed by atoms with Gasteiger partial charge in [0.15, 0.2) is 0 Å². The van der Waals surface area contributed by atoms with E-state index in [0.29, 0.717) is 0 Å². The van der Waals surface area contributed by atoms with Crippen molar-refractivity contribution >= 4 is 11.4 Å². The minimum Gasteiger partial charge on any atom is -0.368 e. The Balaban J connectivity index is 0.905. The summed E-state index contributed by atoms with van der Waals surface area (Å²) in [5.74, 6) is 0. The molecule has 0 spiro atoms. The molecule has 0 saturated carbocycles. The van der Waals surface area contributed by atoms with Crippen LogP contribution in [0.15, 0.2) is 48.5 Å². The Bertz CT molecular complexity index is 851. The van der Waals surface area contributed by atoms with Crippen molar-refractivity contribution in [3.8, 4) is 0 Å². The van der Waals surface area contributed by atoms with E-state index in [4.69, 9.17) is 0 Å². The van der Waals surface area contributed by atoms with Crippen molar-refractivity contribution in [2.24, 2.45) is 0 Å². The number of likely N-dealkylation sites (tertiary alicyclic amines) is 2. The van der Waals surface area contributed by atoms with E-state index >= 15 is 0 Å². The molecule has 0 amide bonds. The smallest absolute Gasteiger partial charge is 0.0402 e. The Morgan fingerprint density at radius 1 is 0.545 bits per heavy atom. The SMILES string of the molecule is c1ccc2c(c1)CCN2C1CCN(CCCN2CCC(N3CCc4ccccc43)CC2)CC1. The topological polar surface area (TPSA) is 13.0 Å². The molecule has 0 aromatic heterocycles. The first-order valence-electron chi connectivity index (χ1n) is 13.5. The maximum absolute atomic E-state index is 2.73. The molecule has 4 aliphatic rings. The highest BCUT2D eigenvalue weighted by Gasteiger charge is 2.30. The summed E-state index contributed by atoms with van der Waals surface area (Å²) in [5, 5.41) is 0. The second-order valence-electron chi connectivity index (χ2n) is 10.6. The lowest BCUT2D eigenvalue weighted by Gasteiger charge is -2.39. The Kier molecular flexibility index (Phi) is 6.30. The van der Waals surface area contributed by atoms with E-state index in [1.165, 1.54) is 109 Å². The van der Waals surface area contributed by atoms with Gasteiger partial charge in [0, 0.05) is 62.7 Å². The average Bonchev–Trinajstić information content (AvgIpc) is 3.50. The van der Waals surface area contributed by atoms with Gasteiger partial charge >= 0.3 is 0 Å². The minimum absolute atomic E-state index is 0.750. The third kappa shape index (κ3) is 4.52. The molecule has 4 heteroatoms. The van der Waals surface area contributed by atoms with Crippen LogP contribution in [0.2, 0.25) is 0 Å². The highest BCUT2D eigenvalue weighted by atomic mass is 15.2. The standard InChI is InChI=1S/C29H40N4/c1-3-8-28-24(6-1)10-22-32(28)26-12-18-30(19-13-26)16-5-17-31-20-14-27(15-21-31)33-23-11-25-7-2-4-9-29(25)33/h1-4,6-9,26-27H,5,10-23H2. The molecule has 2 aromatic carbocycles. The summed E-state index contributed by atoms with van der Waals surface area (Å²) in [5.41, 5.74) is 6.13. The van der Waals surface area contributed by atoms with E-state index in [1.54, 1.807) is 11.1 Å². The molecule has 4 heterocycles. The van der Waals surface area contributed by atoms with Crippen LogP contribution >= 0.6 is 0 Å². The fourth-order valence-electron chi connectivity index (χ4n) is 6.91. The monoisotopic (exact) mass is 444 g/mol. The van der Waals surface area contributed by atoms with Crippen LogP contribution in [0, 0.1) is 0 Å². The van der Waals surface area contributed by atoms with E-state index in [9.17, 15) is 0 Å². The van der Waals surface area contributed by atoms with E-state index < -0.39 is 0 Å². The van der Waals surface area contributed by atoms with Crippen molar-refractivity contribution in [1.29, 1.82) is 0 Å². The number of hydrogen-bond acceptors (Lipinski definition) is 4. The van der Waals surface area contributed by atoms with Crippen LogP contribution in [0.4, 0.5) is 11.4 Å². The van der Waals surface area contributed by atoms with Gasteiger partial charge in [-0.15, -0.1) is 0 Å². The summed E-state index contributed by atoms with van der Waals surface area (Å²) in [4.78, 5) is 10.9. The predicted octanol–water partition coefficient (Wildman–Crippen LogP) is 4.43. The highest BCUT2D eigenvalue weighted by molar-refractivity contribution is 5.59. The molecule has 33 heavy (non-hydrogen) atoms. The van der Waals surface area contributed by atoms with E-state index in [1.807, 2.05) is 0 Å². The molecular weight excluding hydrogens is 404 g/mol. The van der Waals surface area contributed by atoms with E-state index in [2.05, 4.69) is 68.1 Å². The zero-order valence-electron chi connectivity index (χ0n) is 20.2. The molecule has 0 atom stereocenters. The molecule has 0 N–H and O–H groups in total. The van der Waals surface area contributed by atoms with Crippen LogP contribution in [0.25, 0.3) is 0 Å². The van der Waals surface area contributed by atoms with Gasteiger partial charge in [-0.1, -0.05) is 36.4 Å². The Morgan fingerprint density at radius 2 is 0.970 bits per heavy atom. The molecule has 2 aromatic rings. The number of para-hydroxylation sites is 2. The number of piperidine rings is 2. The van der Waals surface area contributed by atoms with Crippen molar-refractivity contribution in [3.05, 3.63) is 59.7 Å². The van der Waals surface area contributed by atoms with Crippen molar-refractivity contribution in [3.63, 3.8) is 0 Å². The Morgan fingerprint density at radius 3 is 1.42 bits per heavy atom. The summed E-state index contributed by atoms with van der Waals surface area (Å²) in [6.07, 6.45) is 9.12. The zero-order valence-corrected chi connectivity index (χ0v) is 20.2. The molecule has 0 unspecified atom stereocenters. The second kappa shape index (κ2) is 9.68. The van der Waals surface area contributed by atoms with Crippen LogP contribution in [0.1, 0.15) is 43.2 Å². The molecule has 0 aliphatic carbocycles. The van der Waals surface area contributed by atoms with Crippen molar-refractivity contribution in [2.45, 2.75) is 57.0 Å². The molecule has 6 rings (SSSR count). The molecule has 0 bridgehead atoms. The fraction of sp³-hybridized carbons (Fsp3) is 0.586. The van der Waals surface area contributed by atoms with Gasteiger partial charge in [0.25, 0.3) is 0 Å². The van der Waals surface area contributed by atoms with Gasteiger partial charge in [0.05, 0.1) is 0 Å². The summed E-state index contributed by atoms with van der Waals surface area (Å²) >= 11 is 0. The van der Waals surface area contributed by atoms with Gasteiger partial charge < -0.3 is 19.6 Å². The zero-order chi connectivity index (χ0) is 22.0. The number of benzene rings is 2.